The first kappa shape index (κ1) is 70.1. The number of ketones is 3. The minimum Gasteiger partial charge on any atom is -0.481 e. The Labute approximate surface area is 450 Å². The van der Waals surface area contributed by atoms with Gasteiger partial charge in [0.1, 0.15) is 6.04 Å². The van der Waals surface area contributed by atoms with Crippen molar-refractivity contribution in [1.29, 1.82) is 0 Å². The van der Waals surface area contributed by atoms with Gasteiger partial charge in [0.05, 0.1) is 18.7 Å². The van der Waals surface area contributed by atoms with Crippen molar-refractivity contribution in [3.05, 3.63) is 0 Å². The summed E-state index contributed by atoms with van der Waals surface area (Å²) in [4.78, 5) is 120. The van der Waals surface area contributed by atoms with E-state index < -0.39 is 109 Å². The maximum Gasteiger partial charge on any atom is 0.303 e. The number of rotatable bonds is 49. The molecule has 436 valence electrons. The Morgan fingerprint density at radius 1 is 0.447 bits per heavy atom. The van der Waals surface area contributed by atoms with E-state index in [4.69, 9.17) is 40.1 Å². The van der Waals surface area contributed by atoms with Crippen LogP contribution in [0.4, 0.5) is 0 Å². The van der Waals surface area contributed by atoms with E-state index in [0.29, 0.717) is 25.7 Å². The molecule has 0 radical (unpaired) electrons. The van der Waals surface area contributed by atoms with Gasteiger partial charge in [-0.3, -0.25) is 53.3 Å². The van der Waals surface area contributed by atoms with Gasteiger partial charge in [-0.2, -0.15) is 0 Å². The van der Waals surface area contributed by atoms with Gasteiger partial charge in [0.15, 0.2) is 35.2 Å². The van der Waals surface area contributed by atoms with Gasteiger partial charge < -0.3 is 71.6 Å². The summed E-state index contributed by atoms with van der Waals surface area (Å²) in [5.41, 5.74) is 38.6. The van der Waals surface area contributed by atoms with Crippen molar-refractivity contribution >= 4 is 64.8 Å². The van der Waals surface area contributed by atoms with Gasteiger partial charge in [-0.05, 0) is 70.8 Å². The lowest BCUT2D eigenvalue weighted by molar-refractivity contribution is -0.139. The molecule has 0 bridgehead atoms. The van der Waals surface area contributed by atoms with E-state index in [2.05, 4.69) is 43.2 Å². The smallest absolute Gasteiger partial charge is 0.303 e. The molecule has 4 amide bonds. The fraction of sp³-hybridized carbons (Fsp3) is 0.788. The third kappa shape index (κ3) is 36.1. The van der Waals surface area contributed by atoms with Crippen LogP contribution in [-0.4, -0.2) is 133 Å². The number of hydrogen-bond donors (Lipinski definition) is 13. The highest BCUT2D eigenvalue weighted by Crippen LogP contribution is 2.22. The molecule has 20 N–H and O–H groups in total. The lowest BCUT2D eigenvalue weighted by Gasteiger charge is -2.26. The molecule has 0 rings (SSSR count). The van der Waals surface area contributed by atoms with Gasteiger partial charge in [-0.1, -0.05) is 90.4 Å². The van der Waals surface area contributed by atoms with Crippen LogP contribution in [0.15, 0.2) is 15.0 Å². The first-order chi connectivity index (χ1) is 36.3. The molecule has 0 fully saturated rings. The monoisotopic (exact) mass is 1080 g/mol. The molecule has 0 unspecified atom stereocenters. The zero-order chi connectivity index (χ0) is 57.1. The maximum absolute atomic E-state index is 14.3. The quantitative estimate of drug-likeness (QED) is 0.0233. The number of guanidine groups is 3. The van der Waals surface area contributed by atoms with Gasteiger partial charge in [0, 0.05) is 76.5 Å². The maximum atomic E-state index is 14.3. The molecule has 76 heavy (non-hydrogen) atoms. The molecule has 24 nitrogen and oxygen atoms in total. The molecule has 0 aliphatic carbocycles. The summed E-state index contributed by atoms with van der Waals surface area (Å²) in [5, 5.41) is 30.4. The second kappa shape index (κ2) is 44.2. The van der Waals surface area contributed by atoms with Crippen LogP contribution in [0, 0.1) is 17.8 Å². The number of unbranched alkanes of at least 4 members (excludes halogenated alkanes) is 13. The van der Waals surface area contributed by atoms with Gasteiger partial charge in [-0.25, -0.2) is 0 Å². The van der Waals surface area contributed by atoms with Crippen molar-refractivity contribution in [2.75, 3.05) is 39.8 Å². The SMILES string of the molecule is CCCCCCCCCCCCCCCC(=O)N[C@@H](CO)C(=O)C[C@@H](CCCN=C(N)N)C(=O)N[C@@H](CCC(=O)O)C(=O)C[C@@H](CCCCN)C(=O)N[C@@H](CCCN=C(N)N)C(=O)C[C@@H](CCCN=C(N)N)C(=O)NC. The fourth-order valence-electron chi connectivity index (χ4n) is 8.74. The molecular formula is C52H98N14O10. The van der Waals surface area contributed by atoms with Crippen LogP contribution in [0.2, 0.25) is 0 Å². The number of aliphatic carboxylic acids is 1. The number of aliphatic hydroxyl groups is 1. The van der Waals surface area contributed by atoms with Crippen LogP contribution < -0.4 is 61.4 Å². The molecule has 24 heteroatoms. The molecule has 0 spiro atoms. The second-order valence-electron chi connectivity index (χ2n) is 19.7. The van der Waals surface area contributed by atoms with Crippen molar-refractivity contribution < 1.29 is 48.6 Å². The topological polar surface area (TPSA) is 444 Å². The number of amides is 4. The molecule has 0 saturated carbocycles. The number of carboxylic acid groups (broad SMARTS) is 1. The number of aliphatic imine (C=N–C) groups is 3. The highest BCUT2D eigenvalue weighted by molar-refractivity contribution is 5.97. The van der Waals surface area contributed by atoms with E-state index in [1.807, 2.05) is 0 Å². The van der Waals surface area contributed by atoms with E-state index in [0.717, 1.165) is 25.7 Å². The average molecular weight is 1080 g/mol. The highest BCUT2D eigenvalue weighted by atomic mass is 16.4. The van der Waals surface area contributed by atoms with Crippen LogP contribution in [0.1, 0.15) is 187 Å². The number of hydrogen-bond acceptors (Lipinski definition) is 13. The predicted molar refractivity (Wildman–Crippen MR) is 296 cm³/mol. The summed E-state index contributed by atoms with van der Waals surface area (Å²) in [5.74, 6) is -8.81. The second-order valence-corrected chi connectivity index (χ2v) is 19.7. The lowest BCUT2D eigenvalue weighted by atomic mass is 9.89. The summed E-state index contributed by atoms with van der Waals surface area (Å²) in [6.45, 7) is 2.19. The minimum absolute atomic E-state index is 0.0268. The van der Waals surface area contributed by atoms with Crippen molar-refractivity contribution in [2.24, 2.45) is 72.9 Å². The number of nitrogens with one attached hydrogen (secondary N) is 4. The number of nitrogens with two attached hydrogens (primary N) is 7. The largest absolute Gasteiger partial charge is 0.481 e. The zero-order valence-corrected chi connectivity index (χ0v) is 45.8. The van der Waals surface area contributed by atoms with E-state index in [-0.39, 0.29) is 102 Å². The van der Waals surface area contributed by atoms with E-state index in [1.165, 1.54) is 58.4 Å². The minimum atomic E-state index is -1.43. The number of carboxylic acids is 1. The Bertz CT molecular complexity index is 1810. The average Bonchev–Trinajstić information content (AvgIpc) is 3.37. The molecule has 0 aromatic carbocycles. The number of nitrogens with zero attached hydrogens (tertiary/aromatic N) is 3. The predicted octanol–water partition coefficient (Wildman–Crippen LogP) is 1.54. The summed E-state index contributed by atoms with van der Waals surface area (Å²) in [6, 6.07) is -3.88. The summed E-state index contributed by atoms with van der Waals surface area (Å²) in [7, 11) is 1.43. The molecule has 0 heterocycles. The van der Waals surface area contributed by atoms with Crippen molar-refractivity contribution in [1.82, 2.24) is 21.3 Å². The van der Waals surface area contributed by atoms with E-state index in [9.17, 15) is 48.6 Å². The zero-order valence-electron chi connectivity index (χ0n) is 45.8. The van der Waals surface area contributed by atoms with Crippen molar-refractivity contribution in [3.8, 4) is 0 Å². The Morgan fingerprint density at radius 3 is 1.22 bits per heavy atom. The third-order valence-electron chi connectivity index (χ3n) is 13.1. The first-order valence-corrected chi connectivity index (χ1v) is 27.7. The molecule has 0 saturated heterocycles. The Hall–Kier alpha value is -5.91. The van der Waals surface area contributed by atoms with Gasteiger partial charge in [0.25, 0.3) is 0 Å². The van der Waals surface area contributed by atoms with Crippen LogP contribution in [0.25, 0.3) is 0 Å². The molecule has 0 aliphatic rings. The Morgan fingerprint density at radius 2 is 0.829 bits per heavy atom. The Balaban J connectivity index is 6.28. The van der Waals surface area contributed by atoms with Crippen LogP contribution in [-0.2, 0) is 38.4 Å². The molecule has 6 atom stereocenters. The Kier molecular flexibility index (Phi) is 40.8. The number of carbonyl (C=O) groups is 8. The number of Topliss-reactive ketones (excluding diaryl/α,β-unsaturated/α-hetero) is 3. The summed E-state index contributed by atoms with van der Waals surface area (Å²) < 4.78 is 0. The molecule has 0 aromatic rings. The van der Waals surface area contributed by atoms with Gasteiger partial charge >= 0.3 is 5.97 Å². The molecule has 0 aromatic heterocycles. The number of carbonyl (C=O) groups excluding carboxylic acids is 7. The molecular weight excluding hydrogens is 981 g/mol. The normalized spacial score (nSPS) is 13.4. The van der Waals surface area contributed by atoms with E-state index >= 15 is 0 Å². The third-order valence-corrected chi connectivity index (χ3v) is 13.1. The lowest BCUT2D eigenvalue weighted by Crippen LogP contribution is -2.48. The highest BCUT2D eigenvalue weighted by Gasteiger charge is 2.34. The first-order valence-electron chi connectivity index (χ1n) is 27.7. The fourth-order valence-corrected chi connectivity index (χ4v) is 8.74. The van der Waals surface area contributed by atoms with Gasteiger partial charge in [0.2, 0.25) is 23.6 Å². The summed E-state index contributed by atoms with van der Waals surface area (Å²) >= 11 is 0. The summed E-state index contributed by atoms with van der Waals surface area (Å²) in [6.07, 6.45) is 15.0. The van der Waals surface area contributed by atoms with Crippen LogP contribution in [0.3, 0.4) is 0 Å². The van der Waals surface area contributed by atoms with Crippen LogP contribution >= 0.6 is 0 Å². The van der Waals surface area contributed by atoms with Gasteiger partial charge in [-0.15, -0.1) is 0 Å². The standard InChI is InChI=1S/C52H98N14O10/c1-3-4-5-6-7-8-9-10-11-12-13-14-15-25-45(71)64-41(35-67)44(70)34-38(23-19-30-62-51(56)57)49(76)66-40(26-27-46(72)73)43(69)33-37(21-16-17-28-53)48(75)65-39(24-20-31-63-52(58)59)42(68)32-36(47(74)60-2)22-18-29-61-50(54)55/h36-41,67H,3-35,53H2,1-2H3,(H,60,74)(H,64,71)(H,65,75)(H,66,76)(H,72,73)(H4,54,55,61)(H4,56,57,62)(H4,58,59,63)/t36-,37-,38-,39+,40+,41+/m1/s1. The van der Waals surface area contributed by atoms with Crippen molar-refractivity contribution in [3.63, 3.8) is 0 Å². The van der Waals surface area contributed by atoms with Crippen molar-refractivity contribution in [2.45, 2.75) is 205 Å². The number of aliphatic hydroxyl groups excluding tert-OH is 1. The van der Waals surface area contributed by atoms with E-state index in [1.54, 1.807) is 0 Å². The van der Waals surface area contributed by atoms with Crippen LogP contribution in [0.5, 0.6) is 0 Å². The molecule has 0 aliphatic heterocycles.